The van der Waals surface area contributed by atoms with Crippen LogP contribution in [0.25, 0.3) is 0 Å². The molecular weight excluding hydrogens is 388 g/mol. The highest BCUT2D eigenvalue weighted by Gasteiger charge is 2.27. The Labute approximate surface area is 182 Å². The lowest BCUT2D eigenvalue weighted by atomic mass is 10.2. The molecule has 0 aromatic rings. The first-order valence-electron chi connectivity index (χ1n) is 10.6. The van der Waals surface area contributed by atoms with Gasteiger partial charge < -0.3 is 30.7 Å². The molecule has 178 valence electrons. The van der Waals surface area contributed by atoms with Gasteiger partial charge in [-0.1, -0.05) is 0 Å². The van der Waals surface area contributed by atoms with Gasteiger partial charge in [-0.25, -0.2) is 9.59 Å². The number of likely N-dealkylation sites (N-methyl/N-ethyl adjacent to an activating group) is 2. The number of carbonyl (C=O) groups excluding carboxylic acids is 2. The van der Waals surface area contributed by atoms with Crippen molar-refractivity contribution in [1.29, 1.82) is 0 Å². The minimum atomic E-state index is -0.571. The summed E-state index contributed by atoms with van der Waals surface area (Å²) in [4.78, 5) is 26.0. The van der Waals surface area contributed by atoms with Gasteiger partial charge in [0.15, 0.2) is 0 Å². The minimum absolute atomic E-state index is 0.210. The van der Waals surface area contributed by atoms with Crippen molar-refractivity contribution in [1.82, 2.24) is 31.5 Å². The summed E-state index contributed by atoms with van der Waals surface area (Å²) < 4.78 is 10.8. The van der Waals surface area contributed by atoms with Crippen LogP contribution in [-0.2, 0) is 9.47 Å². The number of hydrogen-bond donors (Lipinski definition) is 5. The Bertz CT molecular complexity index is 491. The lowest BCUT2D eigenvalue weighted by molar-refractivity contribution is 0.0135. The lowest BCUT2D eigenvalue weighted by Crippen LogP contribution is -2.55. The maximum absolute atomic E-state index is 12.7. The van der Waals surface area contributed by atoms with Gasteiger partial charge >= 0.3 is 12.2 Å². The standard InChI is InChI=1S/C20H44N6O4/c1-19(2,3)29-17(27)25-12-11-23-13-14-26(18(28)30-20(4,5)6)16(22-8)15-24-10-9-21-7/h16,21-24H,9-15H2,1-8H3,(H,25,27). The average molecular weight is 433 g/mol. The average Bonchev–Trinajstić information content (AvgIpc) is 2.59. The lowest BCUT2D eigenvalue weighted by Gasteiger charge is -2.33. The summed E-state index contributed by atoms with van der Waals surface area (Å²) in [6.07, 6.45) is -1.02. The molecule has 30 heavy (non-hydrogen) atoms. The molecule has 5 N–H and O–H groups in total. The molecule has 0 aromatic heterocycles. The fourth-order valence-corrected chi connectivity index (χ4v) is 2.41. The first-order chi connectivity index (χ1) is 13.9. The zero-order chi connectivity index (χ0) is 23.2. The number of rotatable bonds is 13. The largest absolute Gasteiger partial charge is 0.444 e. The van der Waals surface area contributed by atoms with E-state index >= 15 is 0 Å². The Balaban J connectivity index is 4.55. The van der Waals surface area contributed by atoms with Crippen molar-refractivity contribution in [3.8, 4) is 0 Å². The summed E-state index contributed by atoms with van der Waals surface area (Å²) in [6, 6.07) is 0. The Morgan fingerprint density at radius 1 is 0.833 bits per heavy atom. The van der Waals surface area contributed by atoms with Crippen LogP contribution < -0.4 is 26.6 Å². The molecule has 0 spiro atoms. The number of nitrogens with zero attached hydrogens (tertiary/aromatic N) is 1. The number of amides is 2. The highest BCUT2D eigenvalue weighted by Crippen LogP contribution is 2.11. The Morgan fingerprint density at radius 2 is 1.43 bits per heavy atom. The molecule has 0 aromatic carbocycles. The van der Waals surface area contributed by atoms with E-state index in [4.69, 9.17) is 9.47 Å². The van der Waals surface area contributed by atoms with E-state index in [-0.39, 0.29) is 12.3 Å². The fourth-order valence-electron chi connectivity index (χ4n) is 2.41. The monoisotopic (exact) mass is 432 g/mol. The van der Waals surface area contributed by atoms with Crippen LogP contribution in [0.15, 0.2) is 0 Å². The predicted octanol–water partition coefficient (Wildman–Crippen LogP) is 0.692. The van der Waals surface area contributed by atoms with E-state index in [1.165, 1.54) is 0 Å². The van der Waals surface area contributed by atoms with E-state index in [0.717, 1.165) is 13.1 Å². The summed E-state index contributed by atoms with van der Waals surface area (Å²) in [7, 11) is 3.72. The Kier molecular flexibility index (Phi) is 13.6. The third-order valence-electron chi connectivity index (χ3n) is 3.73. The molecule has 0 rings (SSSR count). The third-order valence-corrected chi connectivity index (χ3v) is 3.73. The molecule has 2 amide bonds. The van der Waals surface area contributed by atoms with Gasteiger partial charge in [0.05, 0.1) is 6.17 Å². The van der Waals surface area contributed by atoms with E-state index in [2.05, 4.69) is 26.6 Å². The van der Waals surface area contributed by atoms with E-state index in [0.29, 0.717) is 32.7 Å². The van der Waals surface area contributed by atoms with Gasteiger partial charge in [0.2, 0.25) is 0 Å². The molecule has 0 aliphatic carbocycles. The summed E-state index contributed by atoms with van der Waals surface area (Å²) in [6.45, 7) is 15.3. The second-order valence-corrected chi connectivity index (χ2v) is 8.96. The van der Waals surface area contributed by atoms with Gasteiger partial charge in [0.1, 0.15) is 11.2 Å². The van der Waals surface area contributed by atoms with Crippen LogP contribution in [0.4, 0.5) is 9.59 Å². The molecule has 10 nitrogen and oxygen atoms in total. The van der Waals surface area contributed by atoms with Crippen LogP contribution >= 0.6 is 0 Å². The highest BCUT2D eigenvalue weighted by molar-refractivity contribution is 5.68. The molecule has 0 aliphatic rings. The van der Waals surface area contributed by atoms with Gasteiger partial charge in [-0.15, -0.1) is 0 Å². The predicted molar refractivity (Wildman–Crippen MR) is 120 cm³/mol. The van der Waals surface area contributed by atoms with Crippen LogP contribution in [0.3, 0.4) is 0 Å². The first kappa shape index (κ1) is 28.4. The maximum atomic E-state index is 12.7. The van der Waals surface area contributed by atoms with Gasteiger partial charge in [-0.3, -0.25) is 10.2 Å². The quantitative estimate of drug-likeness (QED) is 0.213. The Morgan fingerprint density at radius 3 is 1.97 bits per heavy atom. The second-order valence-electron chi connectivity index (χ2n) is 8.96. The van der Waals surface area contributed by atoms with Gasteiger partial charge in [0.25, 0.3) is 0 Å². The van der Waals surface area contributed by atoms with Crippen molar-refractivity contribution in [2.24, 2.45) is 0 Å². The molecule has 0 radical (unpaired) electrons. The molecule has 0 heterocycles. The van der Waals surface area contributed by atoms with E-state index in [1.54, 1.807) is 4.90 Å². The zero-order valence-electron chi connectivity index (χ0n) is 20.1. The second kappa shape index (κ2) is 14.4. The van der Waals surface area contributed by atoms with E-state index in [1.807, 2.05) is 55.6 Å². The molecule has 0 fully saturated rings. The summed E-state index contributed by atoms with van der Waals surface area (Å²) in [5.74, 6) is 0. The number of nitrogens with one attached hydrogen (secondary N) is 5. The molecular formula is C20H44N6O4. The molecule has 10 heteroatoms. The SMILES string of the molecule is CNCCNCC(NC)N(CCNCCNC(=O)OC(C)(C)C)C(=O)OC(C)(C)C. The van der Waals surface area contributed by atoms with Gasteiger partial charge in [-0.2, -0.15) is 0 Å². The number of ether oxygens (including phenoxy) is 2. The van der Waals surface area contributed by atoms with Crippen molar-refractivity contribution >= 4 is 12.2 Å². The topological polar surface area (TPSA) is 116 Å². The van der Waals surface area contributed by atoms with Crippen molar-refractivity contribution in [3.63, 3.8) is 0 Å². The summed E-state index contributed by atoms with van der Waals surface area (Å²) in [5, 5.41) is 15.5. The van der Waals surface area contributed by atoms with Gasteiger partial charge in [-0.05, 0) is 55.6 Å². The Hall–Kier alpha value is -1.62. The van der Waals surface area contributed by atoms with Crippen molar-refractivity contribution in [3.05, 3.63) is 0 Å². The highest BCUT2D eigenvalue weighted by atomic mass is 16.6. The normalized spacial score (nSPS) is 12.9. The van der Waals surface area contributed by atoms with Gasteiger partial charge in [0, 0.05) is 45.8 Å². The molecule has 0 bridgehead atoms. The molecule has 0 saturated heterocycles. The zero-order valence-corrected chi connectivity index (χ0v) is 20.1. The summed E-state index contributed by atoms with van der Waals surface area (Å²) in [5.41, 5.74) is -1.09. The number of carbonyl (C=O) groups is 2. The molecule has 1 atom stereocenters. The van der Waals surface area contributed by atoms with Crippen LogP contribution in [-0.4, -0.2) is 94.4 Å². The maximum Gasteiger partial charge on any atom is 0.411 e. The van der Waals surface area contributed by atoms with Crippen molar-refractivity contribution in [2.75, 3.05) is 59.9 Å². The van der Waals surface area contributed by atoms with E-state index in [9.17, 15) is 9.59 Å². The fraction of sp³-hybridized carbons (Fsp3) is 0.900. The van der Waals surface area contributed by atoms with Crippen molar-refractivity contribution in [2.45, 2.75) is 58.9 Å². The smallest absolute Gasteiger partial charge is 0.411 e. The molecule has 1 unspecified atom stereocenters. The number of alkyl carbamates (subject to hydrolysis) is 1. The first-order valence-corrected chi connectivity index (χ1v) is 10.6. The molecule has 0 aliphatic heterocycles. The van der Waals surface area contributed by atoms with E-state index < -0.39 is 17.3 Å². The summed E-state index contributed by atoms with van der Waals surface area (Å²) >= 11 is 0. The van der Waals surface area contributed by atoms with Crippen LogP contribution in [0.1, 0.15) is 41.5 Å². The minimum Gasteiger partial charge on any atom is -0.444 e. The van der Waals surface area contributed by atoms with Crippen molar-refractivity contribution < 1.29 is 19.1 Å². The molecule has 0 saturated carbocycles. The number of hydrogen-bond acceptors (Lipinski definition) is 8. The van der Waals surface area contributed by atoms with Crippen LogP contribution in [0, 0.1) is 0 Å². The van der Waals surface area contributed by atoms with Crippen LogP contribution in [0.5, 0.6) is 0 Å². The third kappa shape index (κ3) is 15.3. The van der Waals surface area contributed by atoms with Crippen LogP contribution in [0.2, 0.25) is 0 Å².